The van der Waals surface area contributed by atoms with Gasteiger partial charge >= 0.3 is 0 Å². The van der Waals surface area contributed by atoms with Gasteiger partial charge < -0.3 is 24.8 Å². The standard InChI is InChI=1S/C29H40N6O/c1-8-33(9-2)24-12-15-26(21(3)18-24)31-27-19-22(4)30-28(32-27)34-16-17-35(29(5,6)20-34)23-10-13-25(36-7)14-11-23/h10-15,18-19H,8-9,16-17,20H2,1-7H3,(H,30,31,32). The summed E-state index contributed by atoms with van der Waals surface area (Å²) in [5.74, 6) is 2.48. The molecule has 4 rings (SSSR count). The van der Waals surface area contributed by atoms with E-state index in [2.05, 4.69) is 85.0 Å². The summed E-state index contributed by atoms with van der Waals surface area (Å²) >= 11 is 0. The molecule has 0 atom stereocenters. The fourth-order valence-electron chi connectivity index (χ4n) is 5.04. The Hall–Kier alpha value is -3.48. The van der Waals surface area contributed by atoms with Gasteiger partial charge in [-0.05, 0) is 89.6 Å². The first-order valence-corrected chi connectivity index (χ1v) is 12.9. The number of anilines is 5. The topological polar surface area (TPSA) is 56.8 Å². The second-order valence-electron chi connectivity index (χ2n) is 10.1. The summed E-state index contributed by atoms with van der Waals surface area (Å²) < 4.78 is 5.33. The van der Waals surface area contributed by atoms with Gasteiger partial charge in [0.2, 0.25) is 5.95 Å². The highest BCUT2D eigenvalue weighted by atomic mass is 16.5. The van der Waals surface area contributed by atoms with Crippen LogP contribution in [0.25, 0.3) is 0 Å². The van der Waals surface area contributed by atoms with Crippen molar-refractivity contribution in [2.24, 2.45) is 0 Å². The molecule has 3 aromatic rings. The van der Waals surface area contributed by atoms with Crippen LogP contribution in [0.1, 0.15) is 39.0 Å². The Labute approximate surface area is 216 Å². The molecule has 1 N–H and O–H groups in total. The summed E-state index contributed by atoms with van der Waals surface area (Å²) in [6.45, 7) is 17.7. The third-order valence-corrected chi connectivity index (χ3v) is 7.01. The molecule has 0 bridgehead atoms. The zero-order valence-corrected chi connectivity index (χ0v) is 22.8. The summed E-state index contributed by atoms with van der Waals surface area (Å²) in [5, 5.41) is 3.54. The van der Waals surface area contributed by atoms with Crippen LogP contribution in [-0.4, -0.2) is 55.3 Å². The van der Waals surface area contributed by atoms with Crippen LogP contribution in [0.15, 0.2) is 48.5 Å². The average Bonchev–Trinajstić information content (AvgIpc) is 2.85. The fourth-order valence-corrected chi connectivity index (χ4v) is 5.04. The molecule has 2 heterocycles. The lowest BCUT2D eigenvalue weighted by Gasteiger charge is -2.48. The molecule has 0 aliphatic carbocycles. The molecule has 0 spiro atoms. The quantitative estimate of drug-likeness (QED) is 0.430. The second kappa shape index (κ2) is 10.6. The largest absolute Gasteiger partial charge is 0.497 e. The molecule has 1 saturated heterocycles. The predicted molar refractivity (Wildman–Crippen MR) is 151 cm³/mol. The van der Waals surface area contributed by atoms with Crippen molar-refractivity contribution < 1.29 is 4.74 Å². The number of nitrogens with one attached hydrogen (secondary N) is 1. The molecule has 1 aliphatic rings. The predicted octanol–water partition coefficient (Wildman–Crippen LogP) is 5.80. The fraction of sp³-hybridized carbons (Fsp3) is 0.448. The Morgan fingerprint density at radius 1 is 0.972 bits per heavy atom. The van der Waals surface area contributed by atoms with Gasteiger partial charge in [-0.2, -0.15) is 4.98 Å². The maximum absolute atomic E-state index is 5.33. The Kier molecular flexibility index (Phi) is 7.57. The van der Waals surface area contributed by atoms with Crippen molar-refractivity contribution in [3.8, 4) is 5.75 Å². The van der Waals surface area contributed by atoms with Crippen molar-refractivity contribution in [3.63, 3.8) is 0 Å². The van der Waals surface area contributed by atoms with E-state index in [0.717, 1.165) is 61.6 Å². The lowest BCUT2D eigenvalue weighted by molar-refractivity contribution is 0.408. The Bertz CT molecular complexity index is 1170. The molecule has 0 amide bonds. The van der Waals surface area contributed by atoms with E-state index in [1.165, 1.54) is 16.9 Å². The number of methoxy groups -OCH3 is 1. The Balaban J connectivity index is 1.51. The van der Waals surface area contributed by atoms with Crippen molar-refractivity contribution in [1.82, 2.24) is 9.97 Å². The molecule has 192 valence electrons. The lowest BCUT2D eigenvalue weighted by Crippen LogP contribution is -2.60. The number of ether oxygens (including phenoxy) is 1. The average molecular weight is 489 g/mol. The molecule has 36 heavy (non-hydrogen) atoms. The number of benzene rings is 2. The van der Waals surface area contributed by atoms with Crippen molar-refractivity contribution in [3.05, 3.63) is 59.8 Å². The molecular weight excluding hydrogens is 448 g/mol. The number of piperazine rings is 1. The minimum absolute atomic E-state index is 0.0790. The molecule has 0 unspecified atom stereocenters. The third kappa shape index (κ3) is 5.50. The number of hydrogen-bond donors (Lipinski definition) is 1. The molecule has 1 fully saturated rings. The van der Waals surface area contributed by atoms with E-state index in [1.807, 2.05) is 25.1 Å². The number of aromatic nitrogens is 2. The summed E-state index contributed by atoms with van der Waals surface area (Å²) in [6.07, 6.45) is 0. The summed E-state index contributed by atoms with van der Waals surface area (Å²) in [5.41, 5.74) is 5.60. The van der Waals surface area contributed by atoms with Crippen molar-refractivity contribution in [2.45, 2.75) is 47.1 Å². The van der Waals surface area contributed by atoms with Crippen LogP contribution >= 0.6 is 0 Å². The molecule has 2 aromatic carbocycles. The zero-order valence-electron chi connectivity index (χ0n) is 22.8. The first-order valence-electron chi connectivity index (χ1n) is 12.9. The molecule has 0 saturated carbocycles. The molecule has 7 nitrogen and oxygen atoms in total. The van der Waals surface area contributed by atoms with Gasteiger partial charge in [-0.3, -0.25) is 0 Å². The first-order chi connectivity index (χ1) is 17.2. The number of nitrogens with zero attached hydrogens (tertiary/aromatic N) is 5. The van der Waals surface area contributed by atoms with E-state index < -0.39 is 0 Å². The normalized spacial score (nSPS) is 15.1. The van der Waals surface area contributed by atoms with Gasteiger partial charge in [-0.15, -0.1) is 0 Å². The highest BCUT2D eigenvalue weighted by Crippen LogP contribution is 2.31. The van der Waals surface area contributed by atoms with E-state index >= 15 is 0 Å². The maximum atomic E-state index is 5.33. The SMILES string of the molecule is CCN(CC)c1ccc(Nc2cc(C)nc(N3CCN(c4ccc(OC)cc4)C(C)(C)C3)n2)c(C)c1. The Morgan fingerprint density at radius 3 is 2.31 bits per heavy atom. The minimum Gasteiger partial charge on any atom is -0.497 e. The molecule has 1 aliphatic heterocycles. The summed E-state index contributed by atoms with van der Waals surface area (Å²) in [4.78, 5) is 16.8. The molecule has 1 aromatic heterocycles. The van der Waals surface area contributed by atoms with Crippen LogP contribution in [0.5, 0.6) is 5.75 Å². The van der Waals surface area contributed by atoms with Crippen LogP contribution in [0.2, 0.25) is 0 Å². The number of hydrogen-bond acceptors (Lipinski definition) is 7. The van der Waals surface area contributed by atoms with Crippen molar-refractivity contribution >= 4 is 28.8 Å². The van der Waals surface area contributed by atoms with E-state index in [9.17, 15) is 0 Å². The highest BCUT2D eigenvalue weighted by molar-refractivity contribution is 5.66. The van der Waals surface area contributed by atoms with E-state index in [4.69, 9.17) is 14.7 Å². The van der Waals surface area contributed by atoms with E-state index in [-0.39, 0.29) is 5.54 Å². The first kappa shape index (κ1) is 25.6. The van der Waals surface area contributed by atoms with Gasteiger partial charge in [0.15, 0.2) is 0 Å². The Morgan fingerprint density at radius 2 is 1.69 bits per heavy atom. The van der Waals surface area contributed by atoms with Crippen LogP contribution in [0.3, 0.4) is 0 Å². The van der Waals surface area contributed by atoms with Gasteiger partial charge in [-0.25, -0.2) is 4.98 Å². The summed E-state index contributed by atoms with van der Waals surface area (Å²) in [6, 6.07) is 16.9. The second-order valence-corrected chi connectivity index (χ2v) is 10.1. The smallest absolute Gasteiger partial charge is 0.227 e. The maximum Gasteiger partial charge on any atom is 0.227 e. The van der Waals surface area contributed by atoms with Crippen molar-refractivity contribution in [2.75, 3.05) is 59.9 Å². The van der Waals surface area contributed by atoms with Gasteiger partial charge in [0, 0.05) is 61.5 Å². The van der Waals surface area contributed by atoms with Crippen LogP contribution in [0, 0.1) is 13.8 Å². The highest BCUT2D eigenvalue weighted by Gasteiger charge is 2.35. The molecule has 0 radical (unpaired) electrons. The molecule has 7 heteroatoms. The van der Waals surface area contributed by atoms with Crippen molar-refractivity contribution in [1.29, 1.82) is 0 Å². The van der Waals surface area contributed by atoms with Gasteiger partial charge in [-0.1, -0.05) is 0 Å². The van der Waals surface area contributed by atoms with E-state index in [0.29, 0.717) is 0 Å². The molecular formula is C29H40N6O. The lowest BCUT2D eigenvalue weighted by atomic mass is 9.98. The van der Waals surface area contributed by atoms with Gasteiger partial charge in [0.05, 0.1) is 12.6 Å². The van der Waals surface area contributed by atoms with Gasteiger partial charge in [0.25, 0.3) is 0 Å². The number of aryl methyl sites for hydroxylation is 2. The number of rotatable bonds is 8. The van der Waals surface area contributed by atoms with Crippen LogP contribution in [0.4, 0.5) is 28.8 Å². The van der Waals surface area contributed by atoms with Crippen LogP contribution < -0.4 is 24.8 Å². The zero-order chi connectivity index (χ0) is 25.9. The van der Waals surface area contributed by atoms with E-state index in [1.54, 1.807) is 7.11 Å². The van der Waals surface area contributed by atoms with Gasteiger partial charge in [0.1, 0.15) is 11.6 Å². The van der Waals surface area contributed by atoms with Crippen LogP contribution in [-0.2, 0) is 0 Å². The monoisotopic (exact) mass is 488 g/mol. The third-order valence-electron chi connectivity index (χ3n) is 7.01. The summed E-state index contributed by atoms with van der Waals surface area (Å²) in [7, 11) is 1.70. The minimum atomic E-state index is -0.0790.